The van der Waals surface area contributed by atoms with Crippen LogP contribution < -0.4 is 10.6 Å². The van der Waals surface area contributed by atoms with Crippen molar-refractivity contribution in [1.29, 1.82) is 0 Å². The fraction of sp³-hybridized carbons (Fsp3) is 0.739. The maximum absolute atomic E-state index is 12.9. The van der Waals surface area contributed by atoms with Gasteiger partial charge in [-0.25, -0.2) is 0 Å². The number of aryl methyl sites for hydroxylation is 1. The second-order valence-corrected chi connectivity index (χ2v) is 10.3. The zero-order chi connectivity index (χ0) is 20.4. The molecule has 4 saturated carbocycles. The highest BCUT2D eigenvalue weighted by Gasteiger charge is 2.50. The van der Waals surface area contributed by atoms with E-state index in [0.29, 0.717) is 16.0 Å². The first kappa shape index (κ1) is 26.7. The molecule has 1 aromatic heterocycles. The van der Waals surface area contributed by atoms with Crippen molar-refractivity contribution in [3.05, 3.63) is 28.5 Å². The molecule has 176 valence electrons. The van der Waals surface area contributed by atoms with Gasteiger partial charge in [-0.05, 0) is 94.1 Å². The van der Waals surface area contributed by atoms with E-state index in [4.69, 9.17) is 16.7 Å². The average molecular weight is 493 g/mol. The molecule has 4 aliphatic carbocycles. The van der Waals surface area contributed by atoms with E-state index >= 15 is 0 Å². The number of aliphatic hydroxyl groups is 1. The molecule has 0 unspecified atom stereocenters. The topological polar surface area (TPSA) is 74.2 Å². The fourth-order valence-corrected chi connectivity index (χ4v) is 6.53. The first-order chi connectivity index (χ1) is 14.0. The molecule has 8 heteroatoms. The van der Waals surface area contributed by atoms with Gasteiger partial charge in [-0.2, -0.15) is 0 Å². The van der Waals surface area contributed by atoms with Gasteiger partial charge >= 0.3 is 0 Å². The minimum absolute atomic E-state index is 0. The molecule has 5 rings (SSSR count). The van der Waals surface area contributed by atoms with E-state index in [1.54, 1.807) is 6.20 Å². The highest BCUT2D eigenvalue weighted by molar-refractivity contribution is 6.33. The van der Waals surface area contributed by atoms with Crippen LogP contribution in [-0.2, 0) is 6.42 Å². The molecule has 0 spiro atoms. The number of carbonyl (C=O) groups excluding carboxylic acids is 1. The summed E-state index contributed by atoms with van der Waals surface area (Å²) < 4.78 is 0. The van der Waals surface area contributed by atoms with Crippen molar-refractivity contribution < 1.29 is 9.90 Å². The van der Waals surface area contributed by atoms with Gasteiger partial charge in [0.05, 0.1) is 17.2 Å². The Bertz CT molecular complexity index is 711. The molecule has 0 aromatic carbocycles. The number of carbonyl (C=O) groups is 1. The maximum atomic E-state index is 12.9. The molecule has 4 bridgehead atoms. The molecular weight excluding hydrogens is 457 g/mol. The molecule has 4 aliphatic rings. The molecule has 1 atom stereocenters. The van der Waals surface area contributed by atoms with Gasteiger partial charge < -0.3 is 15.7 Å². The fourth-order valence-electron chi connectivity index (χ4n) is 6.34. The van der Waals surface area contributed by atoms with Crippen molar-refractivity contribution in [2.24, 2.45) is 23.2 Å². The summed E-state index contributed by atoms with van der Waals surface area (Å²) in [6.45, 7) is 3.67. The molecule has 1 heterocycles. The van der Waals surface area contributed by atoms with Gasteiger partial charge in [-0.15, -0.1) is 24.8 Å². The van der Waals surface area contributed by atoms with Crippen LogP contribution in [-0.4, -0.2) is 41.7 Å². The van der Waals surface area contributed by atoms with Crippen molar-refractivity contribution in [1.82, 2.24) is 15.6 Å². The number of halogens is 3. The molecule has 1 amide bonds. The Hall–Kier alpha value is -0.590. The minimum atomic E-state index is -0.0681. The lowest BCUT2D eigenvalue weighted by atomic mass is 9.49. The number of nitrogens with zero attached hydrogens (tertiary/aromatic N) is 1. The second kappa shape index (κ2) is 11.5. The van der Waals surface area contributed by atoms with Crippen molar-refractivity contribution in [3.63, 3.8) is 0 Å². The Kier molecular flexibility index (Phi) is 9.90. The van der Waals surface area contributed by atoms with Gasteiger partial charge in [0.2, 0.25) is 0 Å². The normalized spacial score (nSPS) is 29.1. The van der Waals surface area contributed by atoms with Crippen molar-refractivity contribution in [2.75, 3.05) is 19.7 Å². The van der Waals surface area contributed by atoms with Crippen LogP contribution in [0.15, 0.2) is 12.3 Å². The van der Waals surface area contributed by atoms with E-state index in [1.165, 1.54) is 38.5 Å². The van der Waals surface area contributed by atoms with Crippen LogP contribution in [0.5, 0.6) is 0 Å². The van der Waals surface area contributed by atoms with E-state index in [9.17, 15) is 4.79 Å². The summed E-state index contributed by atoms with van der Waals surface area (Å²) in [4.78, 5) is 17.3. The smallest absolute Gasteiger partial charge is 0.252 e. The lowest BCUT2D eigenvalue weighted by Gasteiger charge is -2.56. The lowest BCUT2D eigenvalue weighted by Crippen LogP contribution is -2.51. The summed E-state index contributed by atoms with van der Waals surface area (Å²) in [5, 5.41) is 16.0. The first-order valence-electron chi connectivity index (χ1n) is 11.2. The Morgan fingerprint density at radius 2 is 1.84 bits per heavy atom. The zero-order valence-electron chi connectivity index (χ0n) is 18.2. The van der Waals surface area contributed by atoms with Crippen molar-refractivity contribution >= 4 is 42.3 Å². The van der Waals surface area contributed by atoms with Crippen LogP contribution in [0.3, 0.4) is 0 Å². The Balaban J connectivity index is 0.00000171. The van der Waals surface area contributed by atoms with Crippen LogP contribution in [0.25, 0.3) is 0 Å². The summed E-state index contributed by atoms with van der Waals surface area (Å²) in [6.07, 6.45) is 11.4. The zero-order valence-corrected chi connectivity index (χ0v) is 20.6. The van der Waals surface area contributed by atoms with Gasteiger partial charge in [0, 0.05) is 24.5 Å². The predicted molar refractivity (Wildman–Crippen MR) is 130 cm³/mol. The van der Waals surface area contributed by atoms with E-state index < -0.39 is 0 Å². The number of rotatable bonds is 9. The number of aliphatic hydroxyl groups excluding tert-OH is 1. The van der Waals surface area contributed by atoms with Gasteiger partial charge in [-0.1, -0.05) is 11.6 Å². The number of amides is 1. The molecule has 1 aromatic rings. The number of hydrogen-bond acceptors (Lipinski definition) is 4. The third kappa shape index (κ3) is 6.48. The van der Waals surface area contributed by atoms with E-state index in [2.05, 4.69) is 15.6 Å². The molecule has 0 radical (unpaired) electrons. The van der Waals surface area contributed by atoms with E-state index in [0.717, 1.165) is 49.4 Å². The van der Waals surface area contributed by atoms with E-state index in [1.807, 2.05) is 13.0 Å². The van der Waals surface area contributed by atoms with Crippen LogP contribution in [0.4, 0.5) is 0 Å². The quantitative estimate of drug-likeness (QED) is 0.446. The third-order valence-electron chi connectivity index (χ3n) is 7.32. The monoisotopic (exact) mass is 491 g/mol. The lowest BCUT2D eigenvalue weighted by molar-refractivity contribution is -0.0503. The van der Waals surface area contributed by atoms with E-state index in [-0.39, 0.29) is 43.4 Å². The van der Waals surface area contributed by atoms with Crippen LogP contribution in [0, 0.1) is 23.2 Å². The van der Waals surface area contributed by atoms with Crippen LogP contribution in [0.2, 0.25) is 5.02 Å². The summed E-state index contributed by atoms with van der Waals surface area (Å²) >= 11 is 6.30. The highest BCUT2D eigenvalue weighted by atomic mass is 35.5. The highest BCUT2D eigenvalue weighted by Crippen LogP contribution is 2.59. The summed E-state index contributed by atoms with van der Waals surface area (Å²) in [6, 6.07) is 1.94. The Morgan fingerprint density at radius 1 is 1.23 bits per heavy atom. The molecule has 5 nitrogen and oxygen atoms in total. The minimum Gasteiger partial charge on any atom is -0.395 e. The molecule has 31 heavy (non-hydrogen) atoms. The van der Waals surface area contributed by atoms with Crippen LogP contribution in [0.1, 0.15) is 67.9 Å². The number of hydrogen-bond donors (Lipinski definition) is 3. The maximum Gasteiger partial charge on any atom is 0.252 e. The summed E-state index contributed by atoms with van der Waals surface area (Å²) in [5.41, 5.74) is 1.74. The van der Waals surface area contributed by atoms with Gasteiger partial charge in [0.25, 0.3) is 5.91 Å². The largest absolute Gasteiger partial charge is 0.395 e. The number of pyridine rings is 1. The van der Waals surface area contributed by atoms with Gasteiger partial charge in [0.15, 0.2) is 0 Å². The molecule has 0 aliphatic heterocycles. The Morgan fingerprint density at radius 3 is 2.42 bits per heavy atom. The second-order valence-electron chi connectivity index (χ2n) is 9.90. The standard InChI is InChI=1S/C23H34ClN3O2.2ClH/c1-15(13-28)25-4-2-3-19-8-20(21(24)12-26-19)22(29)27-14-23-9-16-5-17(10-23)7-18(6-16)11-23;;/h8,12,15-18,25,28H,2-7,9-11,13-14H2,1H3,(H,27,29);2*1H/t15-,16?,17?,18?,23?;;/m0../s1. The molecule has 3 N–H and O–H groups in total. The molecule has 4 fully saturated rings. The summed E-state index contributed by atoms with van der Waals surface area (Å²) in [5.74, 6) is 2.59. The van der Waals surface area contributed by atoms with Crippen molar-refractivity contribution in [2.45, 2.75) is 64.3 Å². The predicted octanol–water partition coefficient (Wildman–Crippen LogP) is 4.43. The number of nitrogens with one attached hydrogen (secondary N) is 2. The molecular formula is C23H36Cl3N3O2. The van der Waals surface area contributed by atoms with Crippen molar-refractivity contribution in [3.8, 4) is 0 Å². The SMILES string of the molecule is C[C@@H](CO)NCCCc1cc(C(=O)NCC23CC4CC(CC(C4)C2)C3)c(Cl)cn1.Cl.Cl. The summed E-state index contributed by atoms with van der Waals surface area (Å²) in [7, 11) is 0. The third-order valence-corrected chi connectivity index (χ3v) is 7.62. The van der Waals surface area contributed by atoms with Gasteiger partial charge in [0.1, 0.15) is 0 Å². The van der Waals surface area contributed by atoms with Crippen LogP contribution >= 0.6 is 36.4 Å². The first-order valence-corrected chi connectivity index (χ1v) is 11.6. The average Bonchev–Trinajstić information content (AvgIpc) is 2.69. The number of aromatic nitrogens is 1. The Labute approximate surface area is 203 Å². The van der Waals surface area contributed by atoms with Gasteiger partial charge in [-0.3, -0.25) is 9.78 Å². The molecule has 0 saturated heterocycles.